The van der Waals surface area contributed by atoms with Crippen LogP contribution in [0.1, 0.15) is 37.7 Å². The van der Waals surface area contributed by atoms with Crippen LogP contribution in [0.2, 0.25) is 0 Å². The minimum absolute atomic E-state index is 0.191. The number of rotatable bonds is 2. The molecular formula is C16H21NO. The zero-order chi connectivity index (χ0) is 12.7. The van der Waals surface area contributed by atoms with E-state index in [9.17, 15) is 4.79 Å². The summed E-state index contributed by atoms with van der Waals surface area (Å²) >= 11 is 0. The molecule has 1 aromatic carbocycles. The summed E-state index contributed by atoms with van der Waals surface area (Å²) in [4.78, 5) is 14.5. The number of nitrogens with zero attached hydrogens (tertiary/aromatic N) is 1. The van der Waals surface area contributed by atoms with E-state index in [1.54, 1.807) is 6.92 Å². The highest BCUT2D eigenvalue weighted by atomic mass is 16.1. The van der Waals surface area contributed by atoms with E-state index in [-0.39, 0.29) is 5.92 Å². The molecule has 2 heteroatoms. The number of ketones is 1. The van der Waals surface area contributed by atoms with Gasteiger partial charge in [0.25, 0.3) is 0 Å². The van der Waals surface area contributed by atoms with Crippen LogP contribution in [0.25, 0.3) is 0 Å². The van der Waals surface area contributed by atoms with Crippen molar-refractivity contribution in [2.24, 2.45) is 5.92 Å². The monoisotopic (exact) mass is 243 g/mol. The van der Waals surface area contributed by atoms with E-state index in [2.05, 4.69) is 42.3 Å². The molecule has 2 fully saturated rings. The van der Waals surface area contributed by atoms with Crippen LogP contribution < -0.4 is 0 Å². The van der Waals surface area contributed by atoms with E-state index in [0.29, 0.717) is 23.8 Å². The molecule has 18 heavy (non-hydrogen) atoms. The maximum absolute atomic E-state index is 12.1. The van der Waals surface area contributed by atoms with Crippen LogP contribution in [-0.2, 0) is 4.79 Å². The van der Waals surface area contributed by atoms with Crippen molar-refractivity contribution in [3.8, 4) is 0 Å². The fourth-order valence-electron chi connectivity index (χ4n) is 4.06. The number of hydrogen-bond acceptors (Lipinski definition) is 2. The summed E-state index contributed by atoms with van der Waals surface area (Å²) in [5.41, 5.74) is 1.35. The number of piperidine rings is 1. The first-order valence-corrected chi connectivity index (χ1v) is 6.96. The molecule has 0 aromatic heterocycles. The van der Waals surface area contributed by atoms with Crippen LogP contribution in [0.5, 0.6) is 0 Å². The molecule has 2 bridgehead atoms. The summed E-state index contributed by atoms with van der Waals surface area (Å²) in [5.74, 6) is 0.981. The van der Waals surface area contributed by atoms with Crippen LogP contribution in [0, 0.1) is 5.92 Å². The Hall–Kier alpha value is -1.15. The summed E-state index contributed by atoms with van der Waals surface area (Å²) in [7, 11) is 2.19. The van der Waals surface area contributed by atoms with Crippen molar-refractivity contribution in [3.05, 3.63) is 35.9 Å². The number of carbonyl (C=O) groups excluding carboxylic acids is 1. The first kappa shape index (κ1) is 11.9. The Morgan fingerprint density at radius 3 is 2.61 bits per heavy atom. The Morgan fingerprint density at radius 1 is 1.22 bits per heavy atom. The standard InChI is InChI=1S/C16H21NO/c1-11(18)16-14(12-6-4-3-5-7-12)10-13-8-9-15(16)17(13)2/h3-7,13-16H,8-10H2,1-2H3/t13-,14+,15+,16-/m0/s1. The van der Waals surface area contributed by atoms with Crippen molar-refractivity contribution in [2.45, 2.75) is 44.2 Å². The normalized spacial score (nSPS) is 35.7. The van der Waals surface area contributed by atoms with Gasteiger partial charge < -0.3 is 0 Å². The van der Waals surface area contributed by atoms with E-state index >= 15 is 0 Å². The van der Waals surface area contributed by atoms with Gasteiger partial charge >= 0.3 is 0 Å². The molecule has 0 spiro atoms. The molecule has 0 aliphatic carbocycles. The summed E-state index contributed by atoms with van der Waals surface area (Å²) in [6, 6.07) is 11.7. The minimum Gasteiger partial charge on any atom is -0.300 e. The Labute approximate surface area is 109 Å². The zero-order valence-corrected chi connectivity index (χ0v) is 11.2. The van der Waals surface area contributed by atoms with Crippen molar-refractivity contribution >= 4 is 5.78 Å². The molecule has 0 saturated carbocycles. The van der Waals surface area contributed by atoms with Crippen molar-refractivity contribution < 1.29 is 4.79 Å². The van der Waals surface area contributed by atoms with E-state index < -0.39 is 0 Å². The van der Waals surface area contributed by atoms with Gasteiger partial charge in [-0.15, -0.1) is 0 Å². The van der Waals surface area contributed by atoms with Gasteiger partial charge in [0.15, 0.2) is 0 Å². The Kier molecular flexibility index (Phi) is 2.98. The smallest absolute Gasteiger partial charge is 0.135 e. The van der Waals surface area contributed by atoms with Gasteiger partial charge in [-0.3, -0.25) is 9.69 Å². The van der Waals surface area contributed by atoms with E-state index in [1.807, 2.05) is 0 Å². The fourth-order valence-corrected chi connectivity index (χ4v) is 4.06. The first-order chi connectivity index (χ1) is 8.68. The van der Waals surface area contributed by atoms with Gasteiger partial charge in [0, 0.05) is 18.0 Å². The first-order valence-electron chi connectivity index (χ1n) is 6.96. The molecule has 96 valence electrons. The second-order valence-electron chi connectivity index (χ2n) is 5.85. The Bertz CT molecular complexity index is 442. The van der Waals surface area contributed by atoms with Gasteiger partial charge in [0.1, 0.15) is 5.78 Å². The topological polar surface area (TPSA) is 20.3 Å². The lowest BCUT2D eigenvalue weighted by Crippen LogP contribution is -2.48. The number of benzene rings is 1. The van der Waals surface area contributed by atoms with Crippen molar-refractivity contribution in [2.75, 3.05) is 7.05 Å². The average Bonchev–Trinajstić information content (AvgIpc) is 2.63. The largest absolute Gasteiger partial charge is 0.300 e. The second kappa shape index (κ2) is 4.51. The van der Waals surface area contributed by atoms with Crippen molar-refractivity contribution in [1.29, 1.82) is 0 Å². The predicted molar refractivity (Wildman–Crippen MR) is 72.5 cm³/mol. The molecule has 0 radical (unpaired) electrons. The summed E-state index contributed by atoms with van der Waals surface area (Å²) in [6.07, 6.45) is 3.59. The van der Waals surface area contributed by atoms with Crippen LogP contribution in [0.4, 0.5) is 0 Å². The molecule has 1 aromatic rings. The van der Waals surface area contributed by atoms with Crippen LogP contribution in [0.15, 0.2) is 30.3 Å². The molecule has 0 unspecified atom stereocenters. The SMILES string of the molecule is CC(=O)[C@H]1[C@@H](c2ccccc2)C[C@@H]2CC[C@H]1N2C. The van der Waals surface area contributed by atoms with E-state index in [1.165, 1.54) is 18.4 Å². The zero-order valence-electron chi connectivity index (χ0n) is 11.2. The van der Waals surface area contributed by atoms with Gasteiger partial charge in [-0.2, -0.15) is 0 Å². The lowest BCUT2D eigenvalue weighted by atomic mass is 9.74. The summed E-state index contributed by atoms with van der Waals surface area (Å²) < 4.78 is 0. The maximum atomic E-state index is 12.1. The van der Waals surface area contributed by atoms with Gasteiger partial charge in [-0.05, 0) is 44.7 Å². The van der Waals surface area contributed by atoms with Crippen molar-refractivity contribution in [3.63, 3.8) is 0 Å². The molecule has 0 N–H and O–H groups in total. The minimum atomic E-state index is 0.191. The number of fused-ring (bicyclic) bond motifs is 2. The second-order valence-corrected chi connectivity index (χ2v) is 5.85. The molecule has 2 aliphatic rings. The Balaban J connectivity index is 1.96. The summed E-state index contributed by atoms with van der Waals surface area (Å²) in [5, 5.41) is 0. The molecule has 2 aliphatic heterocycles. The number of Topliss-reactive ketones (excluding diaryl/α,β-unsaturated/α-hetero) is 1. The molecule has 3 rings (SSSR count). The maximum Gasteiger partial charge on any atom is 0.135 e. The van der Waals surface area contributed by atoms with Gasteiger partial charge in [-0.25, -0.2) is 0 Å². The summed E-state index contributed by atoms with van der Waals surface area (Å²) in [6.45, 7) is 1.77. The van der Waals surface area contributed by atoms with Crippen LogP contribution in [-0.4, -0.2) is 29.8 Å². The molecule has 4 atom stereocenters. The van der Waals surface area contributed by atoms with Crippen molar-refractivity contribution in [1.82, 2.24) is 4.90 Å². The highest BCUT2D eigenvalue weighted by Gasteiger charge is 2.47. The third-order valence-electron chi connectivity index (χ3n) is 4.97. The van der Waals surface area contributed by atoms with E-state index in [0.717, 1.165) is 6.42 Å². The van der Waals surface area contributed by atoms with Gasteiger partial charge in [0.05, 0.1) is 0 Å². The molecule has 2 saturated heterocycles. The van der Waals surface area contributed by atoms with E-state index in [4.69, 9.17) is 0 Å². The van der Waals surface area contributed by atoms with Gasteiger partial charge in [0.2, 0.25) is 0 Å². The predicted octanol–water partition coefficient (Wildman–Crippen LogP) is 2.84. The third kappa shape index (κ3) is 1.79. The van der Waals surface area contributed by atoms with Gasteiger partial charge in [-0.1, -0.05) is 30.3 Å². The molecular weight excluding hydrogens is 222 g/mol. The molecule has 2 nitrogen and oxygen atoms in total. The number of hydrogen-bond donors (Lipinski definition) is 0. The quantitative estimate of drug-likeness (QED) is 0.796. The lowest BCUT2D eigenvalue weighted by Gasteiger charge is -2.42. The highest BCUT2D eigenvalue weighted by Crippen LogP contribution is 2.46. The highest BCUT2D eigenvalue weighted by molar-refractivity contribution is 5.80. The fraction of sp³-hybridized carbons (Fsp3) is 0.562. The lowest BCUT2D eigenvalue weighted by molar-refractivity contribution is -0.124. The molecule has 2 heterocycles. The Morgan fingerprint density at radius 2 is 1.94 bits per heavy atom. The number of carbonyl (C=O) groups is 1. The third-order valence-corrected chi connectivity index (χ3v) is 4.97. The van der Waals surface area contributed by atoms with Crippen LogP contribution in [0.3, 0.4) is 0 Å². The van der Waals surface area contributed by atoms with Crippen LogP contribution >= 0.6 is 0 Å². The average molecular weight is 243 g/mol. The molecule has 0 amide bonds.